The number of methoxy groups -OCH3 is 3. The van der Waals surface area contributed by atoms with Gasteiger partial charge in [-0.25, -0.2) is 4.68 Å². The van der Waals surface area contributed by atoms with Crippen molar-refractivity contribution in [3.05, 3.63) is 58.2 Å². The summed E-state index contributed by atoms with van der Waals surface area (Å²) in [5.74, 6) is 1.84. The largest absolute Gasteiger partial charge is 0.493 e. The Morgan fingerprint density at radius 3 is 2.42 bits per heavy atom. The van der Waals surface area contributed by atoms with Gasteiger partial charge in [-0.1, -0.05) is 17.7 Å². The molecule has 3 aromatic rings. The van der Waals surface area contributed by atoms with E-state index in [9.17, 15) is 9.00 Å². The zero-order chi connectivity index (χ0) is 22.1. The number of aromatic nitrogens is 2. The van der Waals surface area contributed by atoms with Crippen molar-refractivity contribution in [3.8, 4) is 22.9 Å². The average molecular weight is 462 g/mol. The number of rotatable bonds is 6. The molecule has 0 fully saturated rings. The molecule has 0 unspecified atom stereocenters. The Morgan fingerprint density at radius 1 is 1.10 bits per heavy atom. The second-order valence-electron chi connectivity index (χ2n) is 6.76. The van der Waals surface area contributed by atoms with Crippen molar-refractivity contribution in [1.82, 2.24) is 9.78 Å². The Labute approximate surface area is 186 Å². The molecule has 1 atom stereocenters. The maximum absolute atomic E-state index is 13.2. The van der Waals surface area contributed by atoms with Gasteiger partial charge in [0.05, 0.1) is 44.2 Å². The van der Waals surface area contributed by atoms with Gasteiger partial charge < -0.3 is 19.5 Å². The smallest absolute Gasteiger partial charge is 0.257 e. The summed E-state index contributed by atoms with van der Waals surface area (Å²) in [6, 6.07) is 10.3. The van der Waals surface area contributed by atoms with Crippen LogP contribution in [0.2, 0.25) is 5.02 Å². The molecule has 31 heavy (non-hydrogen) atoms. The van der Waals surface area contributed by atoms with E-state index in [1.807, 2.05) is 6.07 Å². The minimum absolute atomic E-state index is 0.307. The Bertz CT molecular complexity index is 1170. The Balaban J connectivity index is 1.76. The van der Waals surface area contributed by atoms with E-state index < -0.39 is 16.7 Å². The van der Waals surface area contributed by atoms with E-state index >= 15 is 0 Å². The molecule has 0 radical (unpaired) electrons. The first kappa shape index (κ1) is 21.2. The lowest BCUT2D eigenvalue weighted by Crippen LogP contribution is -2.17. The van der Waals surface area contributed by atoms with Crippen molar-refractivity contribution in [1.29, 1.82) is 0 Å². The molecular weight excluding hydrogens is 442 g/mol. The number of ether oxygens (including phenoxy) is 3. The van der Waals surface area contributed by atoms with Crippen LogP contribution in [-0.4, -0.2) is 41.2 Å². The molecule has 0 saturated heterocycles. The van der Waals surface area contributed by atoms with Crippen LogP contribution in [0.15, 0.2) is 36.4 Å². The van der Waals surface area contributed by atoms with Crippen LogP contribution in [0.3, 0.4) is 0 Å². The molecule has 8 nitrogen and oxygen atoms in total. The van der Waals surface area contributed by atoms with E-state index in [0.717, 1.165) is 5.56 Å². The fourth-order valence-electron chi connectivity index (χ4n) is 3.44. The minimum Gasteiger partial charge on any atom is -0.493 e. The molecule has 1 aliphatic rings. The molecular formula is C21H20ClN3O5S. The predicted octanol–water partition coefficient (Wildman–Crippen LogP) is 3.57. The Hall–Kier alpha value is -3.04. The Morgan fingerprint density at radius 2 is 1.81 bits per heavy atom. The van der Waals surface area contributed by atoms with Gasteiger partial charge in [0.1, 0.15) is 5.82 Å². The number of anilines is 1. The number of nitrogens with zero attached hydrogens (tertiary/aromatic N) is 2. The lowest BCUT2D eigenvalue weighted by Gasteiger charge is -2.15. The lowest BCUT2D eigenvalue weighted by molar-refractivity contribution is 0.102. The van der Waals surface area contributed by atoms with Crippen LogP contribution in [-0.2, 0) is 22.3 Å². The molecule has 10 heteroatoms. The first-order valence-corrected chi connectivity index (χ1v) is 11.1. The molecule has 4 rings (SSSR count). The molecule has 1 N–H and O–H groups in total. The maximum atomic E-state index is 13.2. The van der Waals surface area contributed by atoms with E-state index in [-0.39, 0.29) is 0 Å². The van der Waals surface area contributed by atoms with Gasteiger partial charge >= 0.3 is 0 Å². The zero-order valence-electron chi connectivity index (χ0n) is 17.1. The molecule has 0 bridgehead atoms. The summed E-state index contributed by atoms with van der Waals surface area (Å²) in [6.45, 7) is 0. The molecule has 0 aliphatic carbocycles. The number of hydrogen-bond acceptors (Lipinski definition) is 6. The second kappa shape index (κ2) is 8.60. The summed E-state index contributed by atoms with van der Waals surface area (Å²) in [7, 11) is 3.41. The van der Waals surface area contributed by atoms with Crippen molar-refractivity contribution < 1.29 is 23.2 Å². The highest BCUT2D eigenvalue weighted by Gasteiger charge is 2.29. The molecule has 0 spiro atoms. The van der Waals surface area contributed by atoms with Crippen LogP contribution in [0.25, 0.3) is 5.69 Å². The summed E-state index contributed by atoms with van der Waals surface area (Å²) < 4.78 is 29.7. The van der Waals surface area contributed by atoms with E-state index in [1.165, 1.54) is 21.3 Å². The van der Waals surface area contributed by atoms with E-state index in [1.54, 1.807) is 35.0 Å². The van der Waals surface area contributed by atoms with Crippen molar-refractivity contribution in [3.63, 3.8) is 0 Å². The van der Waals surface area contributed by atoms with Gasteiger partial charge in [-0.3, -0.25) is 9.00 Å². The normalized spacial score (nSPS) is 14.8. The highest BCUT2D eigenvalue weighted by Crippen LogP contribution is 2.39. The number of nitrogens with one attached hydrogen (secondary N) is 1. The monoisotopic (exact) mass is 461 g/mol. The Kier molecular flexibility index (Phi) is 5.88. The summed E-state index contributed by atoms with van der Waals surface area (Å²) >= 11 is 6.14. The number of halogens is 1. The average Bonchev–Trinajstić information content (AvgIpc) is 3.29. The number of hydrogen-bond donors (Lipinski definition) is 1. The number of benzene rings is 2. The van der Waals surface area contributed by atoms with Crippen molar-refractivity contribution >= 4 is 34.1 Å². The lowest BCUT2D eigenvalue weighted by atomic mass is 10.1. The summed E-state index contributed by atoms with van der Waals surface area (Å²) in [6.07, 6.45) is 0. The van der Waals surface area contributed by atoms with Gasteiger partial charge in [0.25, 0.3) is 5.91 Å². The molecule has 1 aliphatic heterocycles. The van der Waals surface area contributed by atoms with Crippen LogP contribution in [0, 0.1) is 0 Å². The van der Waals surface area contributed by atoms with Gasteiger partial charge in [-0.2, -0.15) is 5.10 Å². The topological polar surface area (TPSA) is 91.7 Å². The summed E-state index contributed by atoms with van der Waals surface area (Å²) in [5.41, 5.74) is 2.44. The fourth-order valence-corrected chi connectivity index (χ4v) is 4.89. The molecule has 2 heterocycles. The second-order valence-corrected chi connectivity index (χ2v) is 8.66. The minimum atomic E-state index is -1.05. The highest BCUT2D eigenvalue weighted by atomic mass is 35.5. The number of carbonyl (C=O) groups excluding carboxylic acids is 1. The van der Waals surface area contributed by atoms with E-state index in [4.69, 9.17) is 25.8 Å². The quantitative estimate of drug-likeness (QED) is 0.603. The van der Waals surface area contributed by atoms with Crippen molar-refractivity contribution in [2.24, 2.45) is 0 Å². The van der Waals surface area contributed by atoms with Crippen LogP contribution in [0.4, 0.5) is 5.82 Å². The number of carbonyl (C=O) groups is 1. The molecule has 2 aromatic carbocycles. The van der Waals surface area contributed by atoms with Crippen LogP contribution < -0.4 is 19.5 Å². The molecule has 0 saturated carbocycles. The van der Waals surface area contributed by atoms with Gasteiger partial charge in [-0.05, 0) is 30.3 Å². The van der Waals surface area contributed by atoms with Gasteiger partial charge in [0.15, 0.2) is 11.5 Å². The first-order valence-electron chi connectivity index (χ1n) is 9.28. The molecule has 1 aromatic heterocycles. The summed E-state index contributed by atoms with van der Waals surface area (Å²) in [4.78, 5) is 13.2. The third-order valence-corrected chi connectivity index (χ3v) is 6.32. The first-order chi connectivity index (χ1) is 14.9. The van der Waals surface area contributed by atoms with Crippen molar-refractivity contribution in [2.75, 3.05) is 26.6 Å². The number of amides is 1. The van der Waals surface area contributed by atoms with Crippen LogP contribution in [0.5, 0.6) is 17.2 Å². The van der Waals surface area contributed by atoms with Crippen LogP contribution in [0.1, 0.15) is 21.6 Å². The number of fused-ring (bicyclic) bond motifs is 1. The predicted molar refractivity (Wildman–Crippen MR) is 118 cm³/mol. The zero-order valence-corrected chi connectivity index (χ0v) is 18.7. The van der Waals surface area contributed by atoms with Crippen LogP contribution >= 0.6 is 11.6 Å². The third kappa shape index (κ3) is 3.98. The summed E-state index contributed by atoms with van der Waals surface area (Å²) in [5, 5.41) is 8.03. The van der Waals surface area contributed by atoms with Crippen molar-refractivity contribution in [2.45, 2.75) is 11.5 Å². The SMILES string of the molecule is COc1cc(C(=O)Nc2c3c(nn2-c2cccc(Cl)c2)C[S@](=O)C3)cc(OC)c1OC. The highest BCUT2D eigenvalue weighted by molar-refractivity contribution is 7.83. The van der Waals surface area contributed by atoms with Gasteiger partial charge in [-0.15, -0.1) is 0 Å². The van der Waals surface area contributed by atoms with Gasteiger partial charge in [0, 0.05) is 26.9 Å². The van der Waals surface area contributed by atoms with Gasteiger partial charge in [0.2, 0.25) is 5.75 Å². The fraction of sp³-hybridized carbons (Fsp3) is 0.238. The van der Waals surface area contributed by atoms with E-state index in [0.29, 0.717) is 56.5 Å². The van der Waals surface area contributed by atoms with E-state index in [2.05, 4.69) is 10.4 Å². The standard InChI is InChI=1S/C21H20ClN3O5S/c1-28-17-7-12(8-18(29-2)19(17)30-3)21(26)23-20-15-10-31(27)11-16(15)24-25(20)14-6-4-5-13(22)9-14/h4-9H,10-11H2,1-3H3,(H,23,26)/t31-/m1/s1. The third-order valence-electron chi connectivity index (χ3n) is 4.88. The molecule has 162 valence electrons. The molecule has 1 amide bonds. The maximum Gasteiger partial charge on any atom is 0.257 e.